The molecule has 80 valence electrons. The molecule has 2 rings (SSSR count). The number of amides is 3. The first-order valence-electron chi connectivity index (χ1n) is 5.21. The number of nitriles is 1. The van der Waals surface area contributed by atoms with E-state index in [0.29, 0.717) is 12.8 Å². The van der Waals surface area contributed by atoms with Crippen molar-refractivity contribution >= 4 is 11.9 Å². The van der Waals surface area contributed by atoms with E-state index in [2.05, 4.69) is 5.32 Å². The van der Waals surface area contributed by atoms with Crippen molar-refractivity contribution in [2.45, 2.75) is 37.6 Å². The molecular weight excluding hydrogens is 194 g/mol. The minimum Gasteiger partial charge on any atom is -0.323 e. The molecule has 2 aliphatic rings. The van der Waals surface area contributed by atoms with E-state index in [0.717, 1.165) is 24.2 Å². The van der Waals surface area contributed by atoms with Crippen LogP contribution in [0.4, 0.5) is 4.79 Å². The van der Waals surface area contributed by atoms with Gasteiger partial charge in [-0.25, -0.2) is 9.69 Å². The second-order valence-electron chi connectivity index (χ2n) is 4.12. The van der Waals surface area contributed by atoms with Gasteiger partial charge in [-0.05, 0) is 12.8 Å². The smallest absolute Gasteiger partial charge is 0.323 e. The Morgan fingerprint density at radius 2 is 2.00 bits per heavy atom. The Morgan fingerprint density at radius 1 is 1.33 bits per heavy atom. The third-order valence-corrected chi connectivity index (χ3v) is 3.18. The Kier molecular flexibility index (Phi) is 2.35. The summed E-state index contributed by atoms with van der Waals surface area (Å²) in [4.78, 5) is 24.5. The Hall–Kier alpha value is -1.57. The van der Waals surface area contributed by atoms with Crippen LogP contribution in [0, 0.1) is 11.3 Å². The highest BCUT2D eigenvalue weighted by molar-refractivity contribution is 6.07. The van der Waals surface area contributed by atoms with E-state index in [-0.39, 0.29) is 12.5 Å². The van der Waals surface area contributed by atoms with Crippen LogP contribution >= 0.6 is 0 Å². The summed E-state index contributed by atoms with van der Waals surface area (Å²) in [5, 5.41) is 11.3. The molecule has 1 aliphatic heterocycles. The predicted molar refractivity (Wildman–Crippen MR) is 51.7 cm³/mol. The summed E-state index contributed by atoms with van der Waals surface area (Å²) >= 11 is 0. The lowest BCUT2D eigenvalue weighted by molar-refractivity contribution is -0.131. The normalized spacial score (nSPS) is 24.1. The van der Waals surface area contributed by atoms with Crippen molar-refractivity contribution in [3.8, 4) is 6.07 Å². The van der Waals surface area contributed by atoms with E-state index in [1.54, 1.807) is 0 Å². The molecule has 2 fully saturated rings. The van der Waals surface area contributed by atoms with Crippen molar-refractivity contribution in [1.29, 1.82) is 5.26 Å². The van der Waals surface area contributed by atoms with Gasteiger partial charge in [0.25, 0.3) is 5.91 Å². The van der Waals surface area contributed by atoms with Crippen LogP contribution in [0.25, 0.3) is 0 Å². The van der Waals surface area contributed by atoms with Gasteiger partial charge < -0.3 is 5.32 Å². The summed E-state index contributed by atoms with van der Waals surface area (Å²) in [6, 6.07) is 1.42. The van der Waals surface area contributed by atoms with Gasteiger partial charge in [0.1, 0.15) is 12.1 Å². The number of hydrogen-bond acceptors (Lipinski definition) is 3. The number of carbonyl (C=O) groups is 2. The zero-order chi connectivity index (χ0) is 10.9. The largest absolute Gasteiger partial charge is 0.325 e. The number of imide groups is 1. The number of urea groups is 1. The van der Waals surface area contributed by atoms with Crippen molar-refractivity contribution in [3.63, 3.8) is 0 Å². The molecule has 1 saturated heterocycles. The van der Waals surface area contributed by atoms with E-state index >= 15 is 0 Å². The maximum atomic E-state index is 12.0. The summed E-state index contributed by atoms with van der Waals surface area (Å²) in [7, 11) is 0. The maximum Gasteiger partial charge on any atom is 0.325 e. The number of nitrogens with zero attached hydrogens (tertiary/aromatic N) is 2. The van der Waals surface area contributed by atoms with Gasteiger partial charge in [-0.15, -0.1) is 0 Å². The molecular formula is C10H13N3O2. The standard InChI is InChI=1S/C10H13N3O2/c11-6-7-13-8(14)10(12-9(13)15)4-2-1-3-5-10/h1-5,7H2,(H,12,15). The average molecular weight is 207 g/mol. The van der Waals surface area contributed by atoms with Crippen molar-refractivity contribution in [2.75, 3.05) is 6.54 Å². The van der Waals surface area contributed by atoms with Gasteiger partial charge in [0.2, 0.25) is 0 Å². The molecule has 0 bridgehead atoms. The number of nitrogens with one attached hydrogen (secondary N) is 1. The molecule has 0 atom stereocenters. The lowest BCUT2D eigenvalue weighted by Crippen LogP contribution is -2.48. The van der Waals surface area contributed by atoms with Crippen LogP contribution in [0.2, 0.25) is 0 Å². The zero-order valence-corrected chi connectivity index (χ0v) is 8.45. The van der Waals surface area contributed by atoms with Crippen molar-refractivity contribution in [3.05, 3.63) is 0 Å². The summed E-state index contributed by atoms with van der Waals surface area (Å²) in [5.41, 5.74) is -0.688. The van der Waals surface area contributed by atoms with Gasteiger partial charge in [-0.2, -0.15) is 5.26 Å². The topological polar surface area (TPSA) is 73.2 Å². The second-order valence-corrected chi connectivity index (χ2v) is 4.12. The number of carbonyl (C=O) groups excluding carboxylic acids is 2. The van der Waals surface area contributed by atoms with Crippen molar-refractivity contribution in [2.24, 2.45) is 0 Å². The van der Waals surface area contributed by atoms with Gasteiger partial charge in [-0.1, -0.05) is 19.3 Å². The monoisotopic (exact) mass is 207 g/mol. The average Bonchev–Trinajstić information content (AvgIpc) is 2.45. The van der Waals surface area contributed by atoms with E-state index in [9.17, 15) is 9.59 Å². The first kappa shape index (κ1) is 9.97. The molecule has 0 aromatic rings. The highest BCUT2D eigenvalue weighted by Gasteiger charge is 2.50. The van der Waals surface area contributed by atoms with Gasteiger partial charge in [0, 0.05) is 0 Å². The van der Waals surface area contributed by atoms with E-state index in [1.165, 1.54) is 0 Å². The molecule has 5 nitrogen and oxygen atoms in total. The van der Waals surface area contributed by atoms with Gasteiger partial charge >= 0.3 is 6.03 Å². The molecule has 1 N–H and O–H groups in total. The van der Waals surface area contributed by atoms with E-state index in [4.69, 9.17) is 5.26 Å². The molecule has 3 amide bonds. The number of hydrogen-bond donors (Lipinski definition) is 1. The quantitative estimate of drug-likeness (QED) is 0.509. The second kappa shape index (κ2) is 3.54. The van der Waals surface area contributed by atoms with Crippen molar-refractivity contribution < 1.29 is 9.59 Å². The predicted octanol–water partition coefficient (Wildman–Crippen LogP) is 0.765. The molecule has 1 saturated carbocycles. The molecule has 1 heterocycles. The van der Waals surface area contributed by atoms with Crippen LogP contribution in [0.3, 0.4) is 0 Å². The number of rotatable bonds is 1. The molecule has 0 aromatic carbocycles. The van der Waals surface area contributed by atoms with Crippen LogP contribution in [-0.4, -0.2) is 28.9 Å². The fourth-order valence-electron chi connectivity index (χ4n) is 2.38. The third kappa shape index (κ3) is 1.46. The fourth-order valence-corrected chi connectivity index (χ4v) is 2.38. The Bertz CT molecular complexity index is 339. The fraction of sp³-hybridized carbons (Fsp3) is 0.700. The molecule has 15 heavy (non-hydrogen) atoms. The van der Waals surface area contributed by atoms with Crippen LogP contribution in [0.5, 0.6) is 0 Å². The van der Waals surface area contributed by atoms with Crippen molar-refractivity contribution in [1.82, 2.24) is 10.2 Å². The summed E-state index contributed by atoms with van der Waals surface area (Å²) in [6.45, 7) is -0.146. The molecule has 5 heteroatoms. The van der Waals surface area contributed by atoms with Gasteiger partial charge in [-0.3, -0.25) is 4.79 Å². The molecule has 0 aromatic heterocycles. The summed E-state index contributed by atoms with van der Waals surface area (Å²) < 4.78 is 0. The zero-order valence-electron chi connectivity index (χ0n) is 8.45. The molecule has 0 unspecified atom stereocenters. The lowest BCUT2D eigenvalue weighted by Gasteiger charge is -2.30. The summed E-state index contributed by atoms with van der Waals surface area (Å²) in [6.07, 6.45) is 4.46. The first-order valence-corrected chi connectivity index (χ1v) is 5.21. The lowest BCUT2D eigenvalue weighted by atomic mass is 9.82. The van der Waals surface area contributed by atoms with Gasteiger partial charge in [0.15, 0.2) is 0 Å². The third-order valence-electron chi connectivity index (χ3n) is 3.18. The van der Waals surface area contributed by atoms with Crippen LogP contribution in [-0.2, 0) is 4.79 Å². The van der Waals surface area contributed by atoms with Gasteiger partial charge in [0.05, 0.1) is 6.07 Å². The SMILES string of the molecule is N#CCN1C(=O)NC2(CCCCC2)C1=O. The first-order chi connectivity index (χ1) is 7.19. The molecule has 1 aliphatic carbocycles. The maximum absolute atomic E-state index is 12.0. The van der Waals surface area contributed by atoms with Crippen LogP contribution < -0.4 is 5.32 Å². The summed E-state index contributed by atoms with van der Waals surface area (Å²) in [5.74, 6) is -0.214. The van der Waals surface area contributed by atoms with E-state index < -0.39 is 11.6 Å². The Labute approximate surface area is 88.0 Å². The highest BCUT2D eigenvalue weighted by Crippen LogP contribution is 2.33. The molecule has 1 spiro atoms. The minimum absolute atomic E-state index is 0.146. The Morgan fingerprint density at radius 3 is 2.60 bits per heavy atom. The minimum atomic E-state index is -0.688. The van der Waals surface area contributed by atoms with Crippen LogP contribution in [0.1, 0.15) is 32.1 Å². The highest BCUT2D eigenvalue weighted by atomic mass is 16.2. The van der Waals surface area contributed by atoms with Crippen LogP contribution in [0.15, 0.2) is 0 Å². The Balaban J connectivity index is 2.20. The van der Waals surface area contributed by atoms with E-state index in [1.807, 2.05) is 6.07 Å². The molecule has 0 radical (unpaired) electrons.